The number of aromatic amines is 1. The third-order valence-corrected chi connectivity index (χ3v) is 6.60. The summed E-state index contributed by atoms with van der Waals surface area (Å²) in [6, 6.07) is 20.3. The van der Waals surface area contributed by atoms with Crippen LogP contribution >= 0.6 is 23.6 Å². The Labute approximate surface area is 191 Å². The van der Waals surface area contributed by atoms with E-state index in [0.717, 1.165) is 28.6 Å². The number of rotatable bonds is 6. The van der Waals surface area contributed by atoms with Crippen molar-refractivity contribution in [2.45, 2.75) is 33.4 Å². The van der Waals surface area contributed by atoms with E-state index in [4.69, 9.17) is 12.2 Å². The van der Waals surface area contributed by atoms with E-state index in [9.17, 15) is 4.79 Å². The lowest BCUT2D eigenvalue weighted by Gasteiger charge is -2.26. The standard InChI is InChI=1S/C25H25N3OS2/c1-3-18-9-4-5-12-22(18)26-25(30)28(16-21-11-7-13-31-21)15-20-14-19-10-6-8-17(2)23(19)27-24(20)29/h4-14H,3,15-16H2,1-2H3,(H,26,30)(H,27,29). The number of aryl methyl sites for hydroxylation is 2. The van der Waals surface area contributed by atoms with Crippen molar-refractivity contribution in [3.8, 4) is 0 Å². The van der Waals surface area contributed by atoms with Gasteiger partial charge in [-0.05, 0) is 65.7 Å². The minimum absolute atomic E-state index is 0.0743. The monoisotopic (exact) mass is 447 g/mol. The van der Waals surface area contributed by atoms with Gasteiger partial charge in [-0.3, -0.25) is 4.79 Å². The van der Waals surface area contributed by atoms with Gasteiger partial charge < -0.3 is 15.2 Å². The predicted molar refractivity (Wildman–Crippen MR) is 135 cm³/mol. The van der Waals surface area contributed by atoms with Gasteiger partial charge >= 0.3 is 0 Å². The van der Waals surface area contributed by atoms with Gasteiger partial charge in [-0.2, -0.15) is 0 Å². The highest BCUT2D eigenvalue weighted by atomic mass is 32.1. The fraction of sp³-hybridized carbons (Fsp3) is 0.200. The van der Waals surface area contributed by atoms with Crippen molar-refractivity contribution in [3.63, 3.8) is 0 Å². The first-order valence-electron chi connectivity index (χ1n) is 10.3. The summed E-state index contributed by atoms with van der Waals surface area (Å²) in [5, 5.41) is 7.11. The summed E-state index contributed by atoms with van der Waals surface area (Å²) in [6.07, 6.45) is 0.917. The van der Waals surface area contributed by atoms with Crippen molar-refractivity contribution in [2.75, 3.05) is 5.32 Å². The lowest BCUT2D eigenvalue weighted by Crippen LogP contribution is -2.35. The second-order valence-corrected chi connectivity index (χ2v) is 8.96. The van der Waals surface area contributed by atoms with E-state index in [0.29, 0.717) is 23.8 Å². The third-order valence-electron chi connectivity index (χ3n) is 5.38. The topological polar surface area (TPSA) is 48.1 Å². The number of hydrogen-bond acceptors (Lipinski definition) is 3. The van der Waals surface area contributed by atoms with Crippen LogP contribution in [0.5, 0.6) is 0 Å². The molecule has 2 aromatic heterocycles. The number of nitrogens with zero attached hydrogens (tertiary/aromatic N) is 1. The van der Waals surface area contributed by atoms with Crippen molar-refractivity contribution >= 4 is 45.3 Å². The largest absolute Gasteiger partial charge is 0.339 e. The Bertz CT molecular complexity index is 1260. The number of benzene rings is 2. The number of hydrogen-bond donors (Lipinski definition) is 2. The second-order valence-electron chi connectivity index (χ2n) is 7.54. The molecular formula is C25H25N3OS2. The first-order valence-corrected chi connectivity index (χ1v) is 11.6. The molecule has 0 aliphatic heterocycles. The maximum atomic E-state index is 12.9. The minimum Gasteiger partial charge on any atom is -0.339 e. The van der Waals surface area contributed by atoms with Crippen molar-refractivity contribution in [3.05, 3.63) is 98.0 Å². The molecule has 2 N–H and O–H groups in total. The molecule has 158 valence electrons. The third kappa shape index (κ3) is 4.86. The summed E-state index contributed by atoms with van der Waals surface area (Å²) in [4.78, 5) is 19.2. The van der Waals surface area contributed by atoms with E-state index >= 15 is 0 Å². The minimum atomic E-state index is -0.0743. The number of aromatic nitrogens is 1. The van der Waals surface area contributed by atoms with Gasteiger partial charge in [0, 0.05) is 16.1 Å². The molecule has 0 unspecified atom stereocenters. The van der Waals surface area contributed by atoms with Crippen LogP contribution in [0.2, 0.25) is 0 Å². The van der Waals surface area contributed by atoms with Gasteiger partial charge in [0.15, 0.2) is 5.11 Å². The number of thiocarbonyl (C=S) groups is 1. The molecule has 2 heterocycles. The van der Waals surface area contributed by atoms with Gasteiger partial charge in [-0.25, -0.2) is 0 Å². The SMILES string of the molecule is CCc1ccccc1NC(=S)N(Cc1cccs1)Cc1cc2cccc(C)c2[nH]c1=O. The van der Waals surface area contributed by atoms with Crippen LogP contribution in [-0.4, -0.2) is 15.0 Å². The van der Waals surface area contributed by atoms with Gasteiger partial charge in [0.25, 0.3) is 5.56 Å². The van der Waals surface area contributed by atoms with Crippen LogP contribution in [0.3, 0.4) is 0 Å². The van der Waals surface area contributed by atoms with Gasteiger partial charge in [0.1, 0.15) is 0 Å². The molecule has 4 aromatic rings. The fourth-order valence-corrected chi connectivity index (χ4v) is 4.65. The highest BCUT2D eigenvalue weighted by molar-refractivity contribution is 7.80. The van der Waals surface area contributed by atoms with E-state index in [1.54, 1.807) is 11.3 Å². The molecule has 0 amide bonds. The van der Waals surface area contributed by atoms with Crippen molar-refractivity contribution in [1.29, 1.82) is 0 Å². The number of para-hydroxylation sites is 2. The molecule has 31 heavy (non-hydrogen) atoms. The number of anilines is 1. The van der Waals surface area contributed by atoms with Crippen LogP contribution in [-0.2, 0) is 19.5 Å². The average molecular weight is 448 g/mol. The van der Waals surface area contributed by atoms with Crippen molar-refractivity contribution in [1.82, 2.24) is 9.88 Å². The number of H-pyrrole nitrogens is 1. The first kappa shape index (κ1) is 21.3. The Morgan fingerprint density at radius 1 is 1.06 bits per heavy atom. The maximum absolute atomic E-state index is 12.9. The molecule has 0 aliphatic rings. The fourth-order valence-electron chi connectivity index (χ4n) is 3.69. The summed E-state index contributed by atoms with van der Waals surface area (Å²) >= 11 is 7.49. The molecular weight excluding hydrogens is 422 g/mol. The van der Waals surface area contributed by atoms with E-state index < -0.39 is 0 Å². The zero-order chi connectivity index (χ0) is 21.8. The molecule has 0 atom stereocenters. The molecule has 0 saturated heterocycles. The summed E-state index contributed by atoms with van der Waals surface area (Å²) in [5.41, 5.74) is 4.79. The summed E-state index contributed by atoms with van der Waals surface area (Å²) in [5.74, 6) is 0. The van der Waals surface area contributed by atoms with Gasteiger partial charge in [0.05, 0.1) is 18.6 Å². The van der Waals surface area contributed by atoms with E-state index in [1.165, 1.54) is 10.4 Å². The number of fused-ring (bicyclic) bond motifs is 1. The molecule has 0 radical (unpaired) electrons. The van der Waals surface area contributed by atoms with Crippen LogP contribution in [0.25, 0.3) is 10.9 Å². The van der Waals surface area contributed by atoms with Gasteiger partial charge in [-0.15, -0.1) is 11.3 Å². The number of thiophene rings is 1. The Morgan fingerprint density at radius 2 is 1.90 bits per heavy atom. The molecule has 0 aliphatic carbocycles. The van der Waals surface area contributed by atoms with Gasteiger partial charge in [0.2, 0.25) is 0 Å². The zero-order valence-electron chi connectivity index (χ0n) is 17.6. The zero-order valence-corrected chi connectivity index (χ0v) is 19.3. The smallest absolute Gasteiger partial charge is 0.253 e. The normalized spacial score (nSPS) is 10.9. The first-order chi connectivity index (χ1) is 15.0. The molecule has 0 saturated carbocycles. The summed E-state index contributed by atoms with van der Waals surface area (Å²) in [6.45, 7) is 5.20. The van der Waals surface area contributed by atoms with Crippen molar-refractivity contribution in [2.24, 2.45) is 0 Å². The average Bonchev–Trinajstić information content (AvgIpc) is 3.28. The van der Waals surface area contributed by atoms with E-state index in [-0.39, 0.29) is 5.56 Å². The van der Waals surface area contributed by atoms with Crippen LogP contribution in [0.1, 0.15) is 28.5 Å². The molecule has 0 fully saturated rings. The van der Waals surface area contributed by atoms with Crippen LogP contribution in [0.4, 0.5) is 5.69 Å². The highest BCUT2D eigenvalue weighted by Gasteiger charge is 2.16. The van der Waals surface area contributed by atoms with E-state index in [2.05, 4.69) is 39.6 Å². The molecule has 4 nitrogen and oxygen atoms in total. The Morgan fingerprint density at radius 3 is 2.68 bits per heavy atom. The Balaban J connectivity index is 1.65. The number of pyridine rings is 1. The van der Waals surface area contributed by atoms with Crippen molar-refractivity contribution < 1.29 is 0 Å². The molecule has 0 bridgehead atoms. The molecule has 2 aromatic carbocycles. The van der Waals surface area contributed by atoms with Crippen LogP contribution in [0, 0.1) is 6.92 Å². The lowest BCUT2D eigenvalue weighted by molar-refractivity contribution is 0.415. The summed E-state index contributed by atoms with van der Waals surface area (Å²) in [7, 11) is 0. The van der Waals surface area contributed by atoms with Crippen LogP contribution < -0.4 is 10.9 Å². The predicted octanol–water partition coefficient (Wildman–Crippen LogP) is 5.86. The Kier molecular flexibility index (Phi) is 6.49. The lowest BCUT2D eigenvalue weighted by atomic mass is 10.1. The van der Waals surface area contributed by atoms with Crippen LogP contribution in [0.15, 0.2) is 70.8 Å². The van der Waals surface area contributed by atoms with E-state index in [1.807, 2.05) is 55.5 Å². The maximum Gasteiger partial charge on any atom is 0.253 e. The highest BCUT2D eigenvalue weighted by Crippen LogP contribution is 2.20. The molecule has 4 rings (SSSR count). The summed E-state index contributed by atoms with van der Waals surface area (Å²) < 4.78 is 0. The molecule has 0 spiro atoms. The number of nitrogens with one attached hydrogen (secondary N) is 2. The second kappa shape index (κ2) is 9.45. The molecule has 6 heteroatoms. The van der Waals surface area contributed by atoms with Gasteiger partial charge in [-0.1, -0.05) is 49.4 Å². The Hall–Kier alpha value is -2.96. The quantitative estimate of drug-likeness (QED) is 0.364.